The topological polar surface area (TPSA) is 119 Å². The zero-order valence-electron chi connectivity index (χ0n) is 19.9. The number of carbonyl (C=O) groups is 2. The fourth-order valence-corrected chi connectivity index (χ4v) is 6.52. The first-order valence-electron chi connectivity index (χ1n) is 11.4. The zero-order valence-corrected chi connectivity index (χ0v) is 21.5. The van der Waals surface area contributed by atoms with Gasteiger partial charge in [-0.3, -0.25) is 9.59 Å². The highest BCUT2D eigenvalue weighted by Gasteiger charge is 2.60. The molecule has 3 fully saturated rings. The van der Waals surface area contributed by atoms with Gasteiger partial charge in [0.1, 0.15) is 5.03 Å². The first-order valence-corrected chi connectivity index (χ1v) is 13.3. The summed E-state index contributed by atoms with van der Waals surface area (Å²) in [5.41, 5.74) is -2.17. The second kappa shape index (κ2) is 10.8. The van der Waals surface area contributed by atoms with Gasteiger partial charge in [0.15, 0.2) is 5.72 Å². The highest BCUT2D eigenvalue weighted by atomic mass is 35.5. The van der Waals surface area contributed by atoms with Crippen LogP contribution in [0.5, 0.6) is 0 Å². The van der Waals surface area contributed by atoms with Crippen molar-refractivity contribution >= 4 is 33.4 Å². The van der Waals surface area contributed by atoms with Gasteiger partial charge in [0.05, 0.1) is 31.8 Å². The Bertz CT molecular complexity index is 1030. The van der Waals surface area contributed by atoms with Crippen LogP contribution in [0.15, 0.2) is 47.5 Å². The number of amides is 2. The molecule has 1 atom stereocenters. The summed E-state index contributed by atoms with van der Waals surface area (Å²) in [5.74, 6) is -0.441. The van der Waals surface area contributed by atoms with E-state index in [0.717, 1.165) is 4.31 Å². The summed E-state index contributed by atoms with van der Waals surface area (Å²) >= 11 is 6.03. The molecule has 2 amide bonds. The van der Waals surface area contributed by atoms with E-state index in [1.807, 2.05) is 0 Å². The van der Waals surface area contributed by atoms with Crippen molar-refractivity contribution in [3.05, 3.63) is 47.5 Å². The van der Waals surface area contributed by atoms with Crippen molar-refractivity contribution in [1.82, 2.24) is 19.4 Å². The van der Waals surface area contributed by atoms with Crippen molar-refractivity contribution in [3.8, 4) is 0 Å². The number of aliphatic hydroxyl groups excluding tert-OH is 1. The molecule has 0 aromatic rings. The van der Waals surface area contributed by atoms with E-state index < -0.39 is 33.9 Å². The number of likely N-dealkylation sites (tertiary alicyclic amines) is 1. The first-order chi connectivity index (χ1) is 16.6. The predicted molar refractivity (Wildman–Crippen MR) is 132 cm³/mol. The number of aliphatic hydroxyl groups is 1. The lowest BCUT2D eigenvalue weighted by atomic mass is 9.91. The summed E-state index contributed by atoms with van der Waals surface area (Å²) < 4.78 is 34.3. The van der Waals surface area contributed by atoms with Crippen molar-refractivity contribution in [2.45, 2.75) is 37.5 Å². The zero-order chi connectivity index (χ0) is 25.9. The molecule has 4 rings (SSSR count). The molecule has 2 N–H and O–H groups in total. The van der Waals surface area contributed by atoms with E-state index in [0.29, 0.717) is 37.4 Å². The molecule has 0 aromatic carbocycles. The van der Waals surface area contributed by atoms with Crippen LogP contribution in [0.3, 0.4) is 0 Å². The molecule has 0 aliphatic carbocycles. The number of piperidine rings is 1. The molecule has 10 nitrogen and oxygen atoms in total. The summed E-state index contributed by atoms with van der Waals surface area (Å²) in [6, 6.07) is 0. The van der Waals surface area contributed by atoms with Crippen LogP contribution in [0.4, 0.5) is 0 Å². The van der Waals surface area contributed by atoms with Crippen LogP contribution in [0.2, 0.25) is 0 Å². The van der Waals surface area contributed by atoms with Gasteiger partial charge in [-0.15, -0.1) is 13.2 Å². The van der Waals surface area contributed by atoms with E-state index in [1.165, 1.54) is 17.9 Å². The molecule has 4 heterocycles. The molecule has 0 saturated carbocycles. The summed E-state index contributed by atoms with van der Waals surface area (Å²) in [7, 11) is -4.05. The number of piperazine rings is 1. The number of hydrogen-bond acceptors (Lipinski definition) is 7. The second-order valence-corrected chi connectivity index (χ2v) is 11.2. The lowest BCUT2D eigenvalue weighted by Crippen LogP contribution is -2.65. The maximum Gasteiger partial charge on any atom is 0.258 e. The Hall–Kier alpha value is -2.18. The molecule has 3 saturated heterocycles. The molecule has 194 valence electrons. The smallest absolute Gasteiger partial charge is 0.258 e. The van der Waals surface area contributed by atoms with Gasteiger partial charge < -0.3 is 25.0 Å². The molecule has 0 aromatic heterocycles. The average Bonchev–Trinajstić information content (AvgIpc) is 3.21. The first kappa shape index (κ1) is 27.4. The SMILES string of the molecule is C=C.CC(=O)N1CCC2(CC1)CN1C(=O)CN(S(=O)(=O)/C3=C/C/C=C(Cl)\C=C/CN3)CC1(CO)O2. The Kier molecular flexibility index (Phi) is 8.48. The number of carbonyl (C=O) groups excluding carboxylic acids is 2. The summed E-state index contributed by atoms with van der Waals surface area (Å²) in [5, 5.41) is 13.7. The summed E-state index contributed by atoms with van der Waals surface area (Å²) in [6.45, 7) is 7.95. The third kappa shape index (κ3) is 5.49. The van der Waals surface area contributed by atoms with Crippen molar-refractivity contribution in [2.24, 2.45) is 0 Å². The molecular weight excluding hydrogens is 496 g/mol. The van der Waals surface area contributed by atoms with Crippen LogP contribution in [-0.4, -0.2) is 96.6 Å². The van der Waals surface area contributed by atoms with E-state index >= 15 is 0 Å². The van der Waals surface area contributed by atoms with Crippen LogP contribution >= 0.6 is 11.6 Å². The molecule has 35 heavy (non-hydrogen) atoms. The fraction of sp³-hybridized carbons (Fsp3) is 0.565. The maximum atomic E-state index is 13.4. The minimum absolute atomic E-state index is 0.0208. The van der Waals surface area contributed by atoms with Gasteiger partial charge in [0.2, 0.25) is 11.8 Å². The van der Waals surface area contributed by atoms with E-state index in [4.69, 9.17) is 16.3 Å². The number of nitrogens with zero attached hydrogens (tertiary/aromatic N) is 3. The number of sulfonamides is 1. The molecule has 0 bridgehead atoms. The van der Waals surface area contributed by atoms with Crippen LogP contribution in [0.25, 0.3) is 0 Å². The molecular formula is C23H33ClN4O6S. The predicted octanol–water partition coefficient (Wildman–Crippen LogP) is 0.876. The lowest BCUT2D eigenvalue weighted by Gasteiger charge is -2.44. The molecule has 0 radical (unpaired) electrons. The third-order valence-electron chi connectivity index (χ3n) is 6.65. The number of rotatable bonds is 3. The van der Waals surface area contributed by atoms with Crippen LogP contribution in [0, 0.1) is 0 Å². The lowest BCUT2D eigenvalue weighted by molar-refractivity contribution is -0.194. The Morgan fingerprint density at radius 2 is 1.94 bits per heavy atom. The van der Waals surface area contributed by atoms with Crippen molar-refractivity contribution in [3.63, 3.8) is 0 Å². The maximum absolute atomic E-state index is 13.4. The summed E-state index contributed by atoms with van der Waals surface area (Å²) in [6.07, 6.45) is 7.93. The van der Waals surface area contributed by atoms with E-state index in [1.54, 1.807) is 23.1 Å². The molecule has 1 spiro atoms. The minimum Gasteiger partial charge on any atom is -0.391 e. The van der Waals surface area contributed by atoms with Gasteiger partial charge in [0, 0.05) is 31.6 Å². The standard InChI is InChI=1S/C21H29ClN4O6S.C2H4/c1-16(28)24-10-7-20(8-11-24)13-26-19(29)12-25(14-21(26,15-27)32-20)33(30,31)18-6-2-4-17(22)5-3-9-23-18;1-2/h3-6,23,27H,2,7-15H2,1H3;1-2H2/b5-3-,17-4+,18-6+;. The molecule has 1 unspecified atom stereocenters. The van der Waals surface area contributed by atoms with Crippen molar-refractivity contribution in [2.75, 3.05) is 45.9 Å². The number of hydrogen-bond donors (Lipinski definition) is 2. The number of allylic oxidation sites excluding steroid dienone is 4. The van der Waals surface area contributed by atoms with Gasteiger partial charge in [-0.1, -0.05) is 23.8 Å². The Morgan fingerprint density at radius 1 is 1.26 bits per heavy atom. The number of nitrogens with one attached hydrogen (secondary N) is 1. The van der Waals surface area contributed by atoms with Crippen molar-refractivity contribution in [1.29, 1.82) is 0 Å². The molecule has 4 aliphatic heterocycles. The average molecular weight is 529 g/mol. The third-order valence-corrected chi connectivity index (χ3v) is 8.74. The second-order valence-electron chi connectivity index (χ2n) is 8.82. The fourth-order valence-electron chi connectivity index (χ4n) is 4.84. The normalized spacial score (nSPS) is 30.8. The Labute approximate surface area is 211 Å². The van der Waals surface area contributed by atoms with E-state index in [2.05, 4.69) is 18.5 Å². The monoisotopic (exact) mass is 528 g/mol. The summed E-state index contributed by atoms with van der Waals surface area (Å²) in [4.78, 5) is 28.0. The number of fused-ring (bicyclic) bond motifs is 1. The quantitative estimate of drug-likeness (QED) is 0.522. The van der Waals surface area contributed by atoms with Gasteiger partial charge in [-0.25, -0.2) is 8.42 Å². The van der Waals surface area contributed by atoms with Gasteiger partial charge in [-0.05, 0) is 31.4 Å². The van der Waals surface area contributed by atoms with Crippen molar-refractivity contribution < 1.29 is 27.9 Å². The molecule has 12 heteroatoms. The number of ether oxygens (including phenoxy) is 1. The molecule has 4 aliphatic rings. The minimum atomic E-state index is -4.05. The van der Waals surface area contributed by atoms with Crippen LogP contribution < -0.4 is 5.32 Å². The van der Waals surface area contributed by atoms with Gasteiger partial charge >= 0.3 is 0 Å². The largest absolute Gasteiger partial charge is 0.391 e. The van der Waals surface area contributed by atoms with Gasteiger partial charge in [-0.2, -0.15) is 4.31 Å². The number of halogens is 1. The van der Waals surface area contributed by atoms with Crippen LogP contribution in [-0.2, 0) is 24.3 Å². The van der Waals surface area contributed by atoms with Crippen LogP contribution in [0.1, 0.15) is 26.2 Å². The van der Waals surface area contributed by atoms with E-state index in [-0.39, 0.29) is 37.1 Å². The van der Waals surface area contributed by atoms with Gasteiger partial charge in [0.25, 0.3) is 10.0 Å². The Morgan fingerprint density at radius 3 is 2.57 bits per heavy atom. The Balaban J connectivity index is 0.00000167. The van der Waals surface area contributed by atoms with E-state index in [9.17, 15) is 23.1 Å². The highest BCUT2D eigenvalue weighted by Crippen LogP contribution is 2.43. The highest BCUT2D eigenvalue weighted by molar-refractivity contribution is 7.93.